The molecule has 0 unspecified atom stereocenters. The lowest BCUT2D eigenvalue weighted by Crippen LogP contribution is -2.56. The summed E-state index contributed by atoms with van der Waals surface area (Å²) in [7, 11) is -2.52. The first-order valence-electron chi connectivity index (χ1n) is 13.6. The van der Waals surface area contributed by atoms with E-state index in [0.29, 0.717) is 0 Å². The number of carbonyl (C=O) groups excluding carboxylic acids is 3. The first-order chi connectivity index (χ1) is 19.8. The van der Waals surface area contributed by atoms with Crippen LogP contribution in [0.5, 0.6) is 5.75 Å². The highest BCUT2D eigenvalue weighted by atomic mass is 28.4. The minimum absolute atomic E-state index is 0.0158. The SMILES string of the molecule is CC(=O)O[C@@H]1c2c(c3c(=O)c4cccc(O[Si](C)(C)C(C)(C)C)c4c(=O)c=3c2=[N+]=[N-])[C@H](OC(C)=O)[C@@H](OC(C)=O)[C@]1(C)O. The van der Waals surface area contributed by atoms with Gasteiger partial charge in [0.05, 0.1) is 10.9 Å². The Labute approximate surface area is 247 Å². The second-order valence-electron chi connectivity index (χ2n) is 12.5. The number of rotatable bonds is 5. The van der Waals surface area contributed by atoms with Crippen molar-refractivity contribution in [2.45, 2.75) is 90.5 Å². The zero-order valence-corrected chi connectivity index (χ0v) is 26.5. The molecule has 0 aromatic heterocycles. The van der Waals surface area contributed by atoms with Crippen molar-refractivity contribution in [3.8, 4) is 5.75 Å². The number of aliphatic hydroxyl groups is 1. The van der Waals surface area contributed by atoms with E-state index >= 15 is 0 Å². The lowest BCUT2D eigenvalue weighted by Gasteiger charge is -2.44. The van der Waals surface area contributed by atoms with Crippen molar-refractivity contribution in [3.63, 3.8) is 0 Å². The molecule has 4 rings (SSSR count). The van der Waals surface area contributed by atoms with Gasteiger partial charge < -0.3 is 29.3 Å². The third kappa shape index (κ3) is 5.07. The molecule has 228 valence electrons. The van der Waals surface area contributed by atoms with Gasteiger partial charge in [-0.25, -0.2) is 0 Å². The first kappa shape index (κ1) is 31.7. The summed E-state index contributed by atoms with van der Waals surface area (Å²) in [6, 6.07) is 4.60. The smallest absolute Gasteiger partial charge is 0.334 e. The van der Waals surface area contributed by atoms with Gasteiger partial charge >= 0.3 is 23.3 Å². The lowest BCUT2D eigenvalue weighted by molar-refractivity contribution is -0.222. The molecule has 0 aliphatic heterocycles. The summed E-state index contributed by atoms with van der Waals surface area (Å²) in [4.78, 5) is 68.6. The molecule has 1 N–H and O–H groups in total. The van der Waals surface area contributed by atoms with Crippen LogP contribution in [0.3, 0.4) is 0 Å². The fourth-order valence-electron chi connectivity index (χ4n) is 5.40. The van der Waals surface area contributed by atoms with Gasteiger partial charge in [-0.1, -0.05) is 32.9 Å². The van der Waals surface area contributed by atoms with Gasteiger partial charge in [0.25, 0.3) is 8.32 Å². The predicted octanol–water partition coefficient (Wildman–Crippen LogP) is 2.58. The fraction of sp³-hybridized carbons (Fsp3) is 0.467. The van der Waals surface area contributed by atoms with Gasteiger partial charge in [-0.15, -0.1) is 0 Å². The standard InChI is InChI=1S/C30H34N2O10Si/c1-13(33)39-26-20-19-21(23(32-31)22(20)27(40-14(2)34)30(7,38)28(26)41-15(3)35)25(37)18-16(24(19)36)11-10-12-17(18)42-43(8,9)29(4,5)6/h10-12,26-28,38H,1-9H3/t26-,27+,28+,30+/m0/s1. The molecule has 4 atom stereocenters. The molecule has 0 fully saturated rings. The van der Waals surface area contributed by atoms with E-state index in [-0.39, 0.29) is 43.1 Å². The summed E-state index contributed by atoms with van der Waals surface area (Å²) in [6.07, 6.45) is -5.05. The van der Waals surface area contributed by atoms with Crippen molar-refractivity contribution >= 4 is 37.0 Å². The maximum absolute atomic E-state index is 14.3. The average Bonchev–Trinajstić information content (AvgIpc) is 3.21. The Morgan fingerprint density at radius 2 is 1.51 bits per heavy atom. The summed E-state index contributed by atoms with van der Waals surface area (Å²) in [5.41, 5.74) is 6.16. The molecule has 0 saturated carbocycles. The van der Waals surface area contributed by atoms with Crippen LogP contribution in [0.1, 0.15) is 71.8 Å². The summed E-state index contributed by atoms with van der Waals surface area (Å²) in [5, 5.41) is 10.3. The molecule has 13 heteroatoms. The largest absolute Gasteiger partial charge is 0.543 e. The Bertz CT molecular complexity index is 1930. The van der Waals surface area contributed by atoms with Gasteiger partial charge in [-0.05, 0) is 31.1 Å². The van der Waals surface area contributed by atoms with Gasteiger partial charge in [0.1, 0.15) is 16.6 Å². The highest BCUT2D eigenvalue weighted by Gasteiger charge is 2.59. The molecule has 0 amide bonds. The molecule has 0 bridgehead atoms. The number of fused-ring (bicyclic) bond motifs is 3. The molecule has 0 saturated heterocycles. The number of benzene rings is 1. The van der Waals surface area contributed by atoms with Crippen LogP contribution >= 0.6 is 0 Å². The third-order valence-electron chi connectivity index (χ3n) is 8.32. The fourth-order valence-corrected chi connectivity index (χ4v) is 6.43. The van der Waals surface area contributed by atoms with Gasteiger partial charge in [0.15, 0.2) is 23.7 Å². The van der Waals surface area contributed by atoms with Gasteiger partial charge in [-0.2, -0.15) is 4.79 Å². The quantitative estimate of drug-likeness (QED) is 0.148. The van der Waals surface area contributed by atoms with Crippen LogP contribution in [0.25, 0.3) is 16.3 Å². The third-order valence-corrected chi connectivity index (χ3v) is 12.7. The van der Waals surface area contributed by atoms with E-state index in [1.54, 1.807) is 12.1 Å². The summed E-state index contributed by atoms with van der Waals surface area (Å²) in [6.45, 7) is 14.4. The van der Waals surface area contributed by atoms with Gasteiger partial charge in [0.2, 0.25) is 5.43 Å². The van der Waals surface area contributed by atoms with E-state index in [1.165, 1.54) is 13.0 Å². The van der Waals surface area contributed by atoms with E-state index < -0.39 is 66.4 Å². The van der Waals surface area contributed by atoms with E-state index in [2.05, 4.69) is 4.79 Å². The molecule has 43 heavy (non-hydrogen) atoms. The minimum Gasteiger partial charge on any atom is -0.543 e. The van der Waals surface area contributed by atoms with Crippen LogP contribution in [0.4, 0.5) is 0 Å². The number of esters is 3. The lowest BCUT2D eigenvalue weighted by atomic mass is 9.75. The van der Waals surface area contributed by atoms with Crippen molar-refractivity contribution in [2.75, 3.05) is 0 Å². The van der Waals surface area contributed by atoms with Crippen LogP contribution < -0.4 is 20.6 Å². The molecular formula is C30H34N2O10Si. The van der Waals surface area contributed by atoms with Crippen molar-refractivity contribution in [2.24, 2.45) is 0 Å². The van der Waals surface area contributed by atoms with E-state index in [9.17, 15) is 34.6 Å². The first-order valence-corrected chi connectivity index (χ1v) is 16.5. The highest BCUT2D eigenvalue weighted by molar-refractivity contribution is 6.74. The van der Waals surface area contributed by atoms with Crippen LogP contribution in [-0.2, 0) is 28.6 Å². The van der Waals surface area contributed by atoms with Gasteiger partial charge in [-0.3, -0.25) is 24.0 Å². The van der Waals surface area contributed by atoms with Crippen LogP contribution in [0.2, 0.25) is 18.1 Å². The Hall–Kier alpha value is -4.19. The maximum atomic E-state index is 14.3. The number of nitrogens with zero attached hydrogens (tertiary/aromatic N) is 2. The zero-order valence-electron chi connectivity index (χ0n) is 25.5. The second kappa shape index (κ2) is 10.5. The number of ether oxygens (including phenoxy) is 3. The van der Waals surface area contributed by atoms with E-state index in [1.807, 2.05) is 33.9 Å². The van der Waals surface area contributed by atoms with Crippen molar-refractivity contribution < 1.29 is 42.9 Å². The molecular weight excluding hydrogens is 576 g/mol. The van der Waals surface area contributed by atoms with Crippen LogP contribution in [0.15, 0.2) is 27.8 Å². The van der Waals surface area contributed by atoms with Gasteiger partial charge in [0, 0.05) is 36.9 Å². The summed E-state index contributed by atoms with van der Waals surface area (Å²) >= 11 is 0. The molecule has 0 radical (unpaired) electrons. The van der Waals surface area contributed by atoms with Crippen molar-refractivity contribution in [1.29, 1.82) is 0 Å². The molecule has 0 heterocycles. The molecule has 0 spiro atoms. The summed E-state index contributed by atoms with van der Waals surface area (Å²) < 4.78 is 22.8. The zero-order chi connectivity index (χ0) is 32.4. The number of hydrogen-bond acceptors (Lipinski definition) is 10. The Kier molecular flexibility index (Phi) is 7.76. The molecule has 3 aliphatic carbocycles. The van der Waals surface area contributed by atoms with E-state index in [0.717, 1.165) is 20.8 Å². The van der Waals surface area contributed by atoms with Crippen molar-refractivity contribution in [1.82, 2.24) is 0 Å². The Morgan fingerprint density at radius 3 is 2.02 bits per heavy atom. The normalized spacial score (nSPS) is 22.0. The highest BCUT2D eigenvalue weighted by Crippen LogP contribution is 2.47. The topological polar surface area (TPSA) is 179 Å². The van der Waals surface area contributed by atoms with Crippen LogP contribution in [-0.4, -0.2) is 47.8 Å². The van der Waals surface area contributed by atoms with Crippen molar-refractivity contribution in [3.05, 3.63) is 71.1 Å². The molecule has 12 nitrogen and oxygen atoms in total. The summed E-state index contributed by atoms with van der Waals surface area (Å²) in [5.74, 6) is -2.45. The Balaban J connectivity index is 2.28. The monoisotopic (exact) mass is 610 g/mol. The number of carbonyl (C=O) groups is 3. The maximum Gasteiger partial charge on any atom is 0.334 e. The molecule has 1 aromatic carbocycles. The van der Waals surface area contributed by atoms with Crippen LogP contribution in [0, 0.1) is 10.4 Å². The minimum atomic E-state index is -2.52. The average molecular weight is 611 g/mol. The molecule has 1 aromatic rings. The van der Waals surface area contributed by atoms with E-state index in [4.69, 9.17) is 18.6 Å². The number of hydrogen-bond donors (Lipinski definition) is 1. The second-order valence-corrected chi connectivity index (χ2v) is 17.2. The molecule has 3 aliphatic rings. The Morgan fingerprint density at radius 1 is 0.930 bits per heavy atom. The predicted molar refractivity (Wildman–Crippen MR) is 154 cm³/mol.